The van der Waals surface area contributed by atoms with Crippen molar-refractivity contribution in [2.45, 2.75) is 44.5 Å². The molecule has 0 aliphatic carbocycles. The molecule has 0 radical (unpaired) electrons. The number of hydrogen-bond acceptors (Lipinski definition) is 7. The number of benzene rings is 3. The highest BCUT2D eigenvalue weighted by Gasteiger charge is 2.34. The topological polar surface area (TPSA) is 86.4 Å². The molecule has 5 rings (SSSR count). The lowest BCUT2D eigenvalue weighted by molar-refractivity contribution is -0.253. The molecule has 36 heavy (non-hydrogen) atoms. The van der Waals surface area contributed by atoms with Crippen molar-refractivity contribution in [1.29, 1.82) is 0 Å². The van der Waals surface area contributed by atoms with Gasteiger partial charge in [0, 0.05) is 37.3 Å². The van der Waals surface area contributed by atoms with E-state index < -0.39 is 6.29 Å². The maximum Gasteiger partial charge on any atom is 0.185 e. The summed E-state index contributed by atoms with van der Waals surface area (Å²) in [6, 6.07) is 19.8. The molecule has 0 spiro atoms. The number of hydrogen-bond donors (Lipinski definition) is 2. The Morgan fingerprint density at radius 1 is 0.944 bits per heavy atom. The molecule has 3 aromatic rings. The molecular weight excluding hydrogens is 456 g/mol. The van der Waals surface area contributed by atoms with Crippen LogP contribution in [0, 0.1) is 0 Å². The minimum atomic E-state index is -0.504. The van der Waals surface area contributed by atoms with Gasteiger partial charge in [0.1, 0.15) is 0 Å². The Balaban J connectivity index is 1.35. The van der Waals surface area contributed by atoms with Crippen molar-refractivity contribution in [3.05, 3.63) is 88.5 Å². The quantitative estimate of drug-likeness (QED) is 0.475. The maximum atomic E-state index is 9.43. The van der Waals surface area contributed by atoms with Gasteiger partial charge in [0.15, 0.2) is 17.8 Å². The average molecular weight is 491 g/mol. The second kappa shape index (κ2) is 10.9. The first-order chi connectivity index (χ1) is 17.6. The molecule has 3 aromatic carbocycles. The Labute approximate surface area is 212 Å². The van der Waals surface area contributed by atoms with Crippen LogP contribution in [0.2, 0.25) is 0 Å². The van der Waals surface area contributed by atoms with Crippen LogP contribution in [0.1, 0.15) is 46.6 Å². The summed E-state index contributed by atoms with van der Waals surface area (Å²) in [5, 5.41) is 9.43. The molecule has 3 unspecified atom stereocenters. The fraction of sp³-hybridized carbons (Fsp3) is 0.379. The van der Waals surface area contributed by atoms with E-state index in [9.17, 15) is 5.11 Å². The molecule has 2 aliphatic heterocycles. The van der Waals surface area contributed by atoms with Gasteiger partial charge < -0.3 is 29.8 Å². The number of rotatable bonds is 7. The zero-order valence-electron chi connectivity index (χ0n) is 20.9. The van der Waals surface area contributed by atoms with E-state index in [4.69, 9.17) is 24.7 Å². The van der Waals surface area contributed by atoms with Crippen LogP contribution in [-0.2, 0) is 29.0 Å². The zero-order valence-corrected chi connectivity index (χ0v) is 20.9. The Morgan fingerprint density at radius 2 is 1.69 bits per heavy atom. The highest BCUT2D eigenvalue weighted by Crippen LogP contribution is 2.39. The van der Waals surface area contributed by atoms with Crippen LogP contribution in [0.15, 0.2) is 60.7 Å². The van der Waals surface area contributed by atoms with Crippen LogP contribution in [0.4, 0.5) is 5.69 Å². The lowest BCUT2D eigenvalue weighted by Crippen LogP contribution is -2.41. The molecule has 2 heterocycles. The molecule has 1 saturated heterocycles. The smallest absolute Gasteiger partial charge is 0.185 e. The molecule has 0 aromatic heterocycles. The molecule has 3 atom stereocenters. The summed E-state index contributed by atoms with van der Waals surface area (Å²) in [5.41, 5.74) is 12.2. The van der Waals surface area contributed by atoms with Gasteiger partial charge in [-0.1, -0.05) is 36.4 Å². The van der Waals surface area contributed by atoms with Gasteiger partial charge in [-0.25, -0.2) is 0 Å². The maximum absolute atomic E-state index is 9.43. The van der Waals surface area contributed by atoms with Crippen molar-refractivity contribution in [2.75, 3.05) is 33.0 Å². The van der Waals surface area contributed by atoms with Crippen molar-refractivity contribution < 1.29 is 24.1 Å². The minimum absolute atomic E-state index is 0.0191. The number of nitrogen functional groups attached to an aromatic ring is 1. The second-order valence-corrected chi connectivity index (χ2v) is 9.48. The molecule has 2 aliphatic rings. The number of aliphatic hydroxyl groups is 1. The van der Waals surface area contributed by atoms with Crippen molar-refractivity contribution in [3.63, 3.8) is 0 Å². The van der Waals surface area contributed by atoms with Crippen molar-refractivity contribution in [2.24, 2.45) is 0 Å². The Hall–Kier alpha value is -3.10. The van der Waals surface area contributed by atoms with Gasteiger partial charge >= 0.3 is 0 Å². The highest BCUT2D eigenvalue weighted by atomic mass is 16.7. The highest BCUT2D eigenvalue weighted by molar-refractivity contribution is 5.48. The first-order valence-electron chi connectivity index (χ1n) is 12.4. The van der Waals surface area contributed by atoms with E-state index in [2.05, 4.69) is 17.0 Å². The number of fused-ring (bicyclic) bond motifs is 1. The van der Waals surface area contributed by atoms with Gasteiger partial charge in [0.05, 0.1) is 33.0 Å². The van der Waals surface area contributed by atoms with E-state index in [0.717, 1.165) is 60.7 Å². The van der Waals surface area contributed by atoms with Crippen LogP contribution in [0.25, 0.3) is 0 Å². The fourth-order valence-corrected chi connectivity index (χ4v) is 5.12. The summed E-state index contributed by atoms with van der Waals surface area (Å²) in [4.78, 5) is 2.44. The van der Waals surface area contributed by atoms with Gasteiger partial charge in [-0.05, 0) is 52.9 Å². The Bertz CT molecular complexity index is 1180. The van der Waals surface area contributed by atoms with Gasteiger partial charge in [0.25, 0.3) is 0 Å². The van der Waals surface area contributed by atoms with E-state index >= 15 is 0 Å². The summed E-state index contributed by atoms with van der Waals surface area (Å²) < 4.78 is 23.9. The fourth-order valence-electron chi connectivity index (χ4n) is 5.12. The van der Waals surface area contributed by atoms with Crippen LogP contribution in [-0.4, -0.2) is 43.4 Å². The van der Waals surface area contributed by atoms with Crippen molar-refractivity contribution in [1.82, 2.24) is 4.90 Å². The lowest BCUT2D eigenvalue weighted by atomic mass is 9.97. The normalized spacial score (nSPS) is 22.1. The summed E-state index contributed by atoms with van der Waals surface area (Å²) in [6.07, 6.45) is 1.05. The van der Waals surface area contributed by atoms with Crippen molar-refractivity contribution in [3.8, 4) is 11.5 Å². The van der Waals surface area contributed by atoms with Crippen molar-refractivity contribution >= 4 is 5.69 Å². The minimum Gasteiger partial charge on any atom is -0.493 e. The second-order valence-electron chi connectivity index (χ2n) is 9.48. The number of anilines is 1. The van der Waals surface area contributed by atoms with E-state index in [1.54, 1.807) is 14.2 Å². The van der Waals surface area contributed by atoms with Gasteiger partial charge in [-0.2, -0.15) is 0 Å². The largest absolute Gasteiger partial charge is 0.493 e. The molecule has 0 bridgehead atoms. The molecule has 3 N–H and O–H groups in total. The number of nitrogens with zero attached hydrogens (tertiary/aromatic N) is 1. The molecular formula is C29H34N2O5. The van der Waals surface area contributed by atoms with Gasteiger partial charge in [0.2, 0.25) is 0 Å². The molecule has 0 amide bonds. The number of aliphatic hydroxyl groups excluding tert-OH is 1. The van der Waals surface area contributed by atoms with Gasteiger partial charge in [-0.3, -0.25) is 4.90 Å². The van der Waals surface area contributed by atoms with Gasteiger partial charge in [-0.15, -0.1) is 0 Å². The summed E-state index contributed by atoms with van der Waals surface area (Å²) in [6.45, 7) is 2.59. The summed E-state index contributed by atoms with van der Waals surface area (Å²) in [5.74, 6) is 1.53. The van der Waals surface area contributed by atoms with E-state index in [-0.39, 0.29) is 18.8 Å². The monoisotopic (exact) mass is 490 g/mol. The molecule has 190 valence electrons. The predicted molar refractivity (Wildman–Crippen MR) is 138 cm³/mol. The van der Waals surface area contributed by atoms with E-state index in [1.165, 1.54) is 11.1 Å². The average Bonchev–Trinajstić information content (AvgIpc) is 2.92. The van der Waals surface area contributed by atoms with Crippen LogP contribution in [0.5, 0.6) is 11.5 Å². The first-order valence-corrected chi connectivity index (χ1v) is 12.4. The Kier molecular flexibility index (Phi) is 7.43. The Morgan fingerprint density at radius 3 is 2.39 bits per heavy atom. The number of methoxy groups -OCH3 is 2. The third kappa shape index (κ3) is 5.34. The summed E-state index contributed by atoms with van der Waals surface area (Å²) >= 11 is 0. The van der Waals surface area contributed by atoms with Crippen LogP contribution >= 0.6 is 0 Å². The zero-order chi connectivity index (χ0) is 25.1. The molecule has 0 saturated carbocycles. The predicted octanol–water partition coefficient (Wildman–Crippen LogP) is 4.38. The molecule has 7 heteroatoms. The van der Waals surface area contributed by atoms with E-state index in [1.807, 2.05) is 48.5 Å². The van der Waals surface area contributed by atoms with Crippen LogP contribution in [0.3, 0.4) is 0 Å². The first kappa shape index (κ1) is 24.6. The number of nitrogens with two attached hydrogens (primary N) is 1. The summed E-state index contributed by atoms with van der Waals surface area (Å²) in [7, 11) is 3.34. The molecule has 1 fully saturated rings. The van der Waals surface area contributed by atoms with Crippen LogP contribution < -0.4 is 15.2 Å². The standard InChI is InChI=1S/C29H34N2O5/c1-33-27-13-21-10-11-31(16-23(21)14-28(27)34-2)17-25-15-26(20-8-6-19(18-32)7-9-20)36-29(35-25)22-4-3-5-24(30)12-22/h3-9,12-14,25-26,29,32H,10-11,15-18,30H2,1-2H3. The SMILES string of the molecule is COc1cc2c(cc1OC)CN(CC1CC(c3ccc(CO)cc3)OC(c3cccc(N)c3)O1)CC2. The third-order valence-electron chi connectivity index (χ3n) is 7.06. The molecule has 7 nitrogen and oxygen atoms in total. The lowest BCUT2D eigenvalue weighted by Gasteiger charge is -2.39. The number of ether oxygens (including phenoxy) is 4. The third-order valence-corrected chi connectivity index (χ3v) is 7.06. The van der Waals surface area contributed by atoms with E-state index in [0.29, 0.717) is 5.69 Å².